The SMILES string of the molecule is CCC(C)(N)CC(=O)OCC[N+]1(C)CCCCC1. The third kappa shape index (κ3) is 5.36. The van der Waals surface area contributed by atoms with Crippen LogP contribution in [0.4, 0.5) is 0 Å². The number of ether oxygens (including phenoxy) is 1. The highest BCUT2D eigenvalue weighted by atomic mass is 16.5. The Labute approximate surface area is 111 Å². The van der Waals surface area contributed by atoms with Crippen LogP contribution in [0, 0.1) is 0 Å². The van der Waals surface area contributed by atoms with Gasteiger partial charge in [-0.15, -0.1) is 0 Å². The normalized spacial score (nSPS) is 22.2. The molecule has 0 amide bonds. The third-order valence-electron chi connectivity index (χ3n) is 4.15. The van der Waals surface area contributed by atoms with E-state index in [-0.39, 0.29) is 5.97 Å². The number of nitrogens with two attached hydrogens (primary N) is 1. The minimum atomic E-state index is -0.430. The van der Waals surface area contributed by atoms with Crippen molar-refractivity contribution < 1.29 is 14.0 Å². The summed E-state index contributed by atoms with van der Waals surface area (Å²) in [7, 11) is 2.26. The molecule has 1 aliphatic heterocycles. The molecule has 1 saturated heterocycles. The number of piperidine rings is 1. The smallest absolute Gasteiger partial charge is 0.307 e. The van der Waals surface area contributed by atoms with Crippen molar-refractivity contribution in [2.75, 3.05) is 33.3 Å². The molecule has 1 aliphatic rings. The van der Waals surface area contributed by atoms with Gasteiger partial charge in [-0.05, 0) is 32.6 Å². The van der Waals surface area contributed by atoms with E-state index in [4.69, 9.17) is 10.5 Å². The Morgan fingerprint density at radius 1 is 1.33 bits per heavy atom. The maximum absolute atomic E-state index is 11.7. The molecule has 0 aliphatic carbocycles. The Morgan fingerprint density at radius 3 is 2.50 bits per heavy atom. The van der Waals surface area contributed by atoms with Gasteiger partial charge in [0, 0.05) is 5.54 Å². The summed E-state index contributed by atoms with van der Waals surface area (Å²) >= 11 is 0. The van der Waals surface area contributed by atoms with E-state index in [0.29, 0.717) is 13.0 Å². The standard InChI is InChI=1S/C14H29N2O2/c1-4-14(2,15)12-13(17)18-11-10-16(3)8-6-5-7-9-16/h4-12,15H2,1-3H3/q+1. The van der Waals surface area contributed by atoms with E-state index in [9.17, 15) is 4.79 Å². The molecule has 106 valence electrons. The predicted molar refractivity (Wildman–Crippen MR) is 73.1 cm³/mol. The summed E-state index contributed by atoms with van der Waals surface area (Å²) < 4.78 is 6.36. The lowest BCUT2D eigenvalue weighted by Gasteiger charge is -2.37. The topological polar surface area (TPSA) is 52.3 Å². The van der Waals surface area contributed by atoms with Crippen molar-refractivity contribution in [3.63, 3.8) is 0 Å². The predicted octanol–water partition coefficient (Wildman–Crippen LogP) is 1.68. The quantitative estimate of drug-likeness (QED) is 0.582. The lowest BCUT2D eigenvalue weighted by molar-refractivity contribution is -0.914. The van der Waals surface area contributed by atoms with E-state index in [1.54, 1.807) is 0 Å². The van der Waals surface area contributed by atoms with E-state index < -0.39 is 5.54 Å². The summed E-state index contributed by atoms with van der Waals surface area (Å²) in [5.74, 6) is -0.162. The van der Waals surface area contributed by atoms with Gasteiger partial charge in [0.25, 0.3) is 0 Å². The number of carbonyl (C=O) groups is 1. The molecule has 0 aromatic carbocycles. The molecule has 4 nitrogen and oxygen atoms in total. The van der Waals surface area contributed by atoms with Crippen molar-refractivity contribution >= 4 is 5.97 Å². The number of likely N-dealkylation sites (N-methyl/N-ethyl adjacent to an activating group) is 1. The molecular weight excluding hydrogens is 228 g/mol. The number of carbonyl (C=O) groups excluding carboxylic acids is 1. The molecule has 1 fully saturated rings. The molecule has 0 spiro atoms. The minimum absolute atomic E-state index is 0.162. The van der Waals surface area contributed by atoms with Gasteiger partial charge >= 0.3 is 5.97 Å². The van der Waals surface area contributed by atoms with E-state index in [0.717, 1.165) is 17.4 Å². The first-order valence-corrected chi connectivity index (χ1v) is 7.15. The van der Waals surface area contributed by atoms with Crippen molar-refractivity contribution in [1.29, 1.82) is 0 Å². The van der Waals surface area contributed by atoms with Gasteiger partial charge in [-0.1, -0.05) is 6.92 Å². The molecule has 18 heavy (non-hydrogen) atoms. The van der Waals surface area contributed by atoms with Gasteiger partial charge in [0.15, 0.2) is 0 Å². The van der Waals surface area contributed by atoms with Crippen molar-refractivity contribution in [1.82, 2.24) is 0 Å². The van der Waals surface area contributed by atoms with Crippen LogP contribution in [0.15, 0.2) is 0 Å². The summed E-state index contributed by atoms with van der Waals surface area (Å²) in [6.07, 6.45) is 5.03. The highest BCUT2D eigenvalue weighted by Crippen LogP contribution is 2.16. The van der Waals surface area contributed by atoms with Gasteiger partial charge in [-0.3, -0.25) is 4.79 Å². The van der Waals surface area contributed by atoms with Gasteiger partial charge in [-0.2, -0.15) is 0 Å². The highest BCUT2D eigenvalue weighted by molar-refractivity contribution is 5.70. The zero-order valence-corrected chi connectivity index (χ0v) is 12.2. The van der Waals surface area contributed by atoms with Crippen LogP contribution >= 0.6 is 0 Å². The van der Waals surface area contributed by atoms with Crippen molar-refractivity contribution in [3.8, 4) is 0 Å². The highest BCUT2D eigenvalue weighted by Gasteiger charge is 2.26. The number of esters is 1. The van der Waals surface area contributed by atoms with Crippen molar-refractivity contribution in [2.24, 2.45) is 5.73 Å². The second kappa shape index (κ2) is 6.53. The molecule has 1 heterocycles. The molecule has 1 unspecified atom stereocenters. The zero-order chi connectivity index (χ0) is 13.6. The first-order valence-electron chi connectivity index (χ1n) is 7.15. The maximum Gasteiger partial charge on any atom is 0.307 e. The number of nitrogens with zero attached hydrogens (tertiary/aromatic N) is 1. The Bertz CT molecular complexity index is 271. The monoisotopic (exact) mass is 257 g/mol. The van der Waals surface area contributed by atoms with Crippen LogP contribution in [-0.4, -0.2) is 49.3 Å². The Morgan fingerprint density at radius 2 is 1.94 bits per heavy atom. The molecule has 0 saturated carbocycles. The fraction of sp³-hybridized carbons (Fsp3) is 0.929. The summed E-state index contributed by atoms with van der Waals surface area (Å²) in [5.41, 5.74) is 5.52. The van der Waals surface area contributed by atoms with Gasteiger partial charge in [0.2, 0.25) is 0 Å². The van der Waals surface area contributed by atoms with Gasteiger partial charge < -0.3 is 15.0 Å². The molecule has 0 aromatic rings. The molecular formula is C14H29N2O2+. The van der Waals surface area contributed by atoms with E-state index in [1.165, 1.54) is 32.4 Å². The number of hydrogen-bond donors (Lipinski definition) is 1. The van der Waals surface area contributed by atoms with Crippen molar-refractivity contribution in [3.05, 3.63) is 0 Å². The lowest BCUT2D eigenvalue weighted by Crippen LogP contribution is -2.50. The lowest BCUT2D eigenvalue weighted by atomic mass is 9.96. The van der Waals surface area contributed by atoms with Crippen LogP contribution in [0.2, 0.25) is 0 Å². The van der Waals surface area contributed by atoms with Gasteiger partial charge in [-0.25, -0.2) is 0 Å². The molecule has 0 radical (unpaired) electrons. The summed E-state index contributed by atoms with van der Waals surface area (Å²) in [6, 6.07) is 0. The number of hydrogen-bond acceptors (Lipinski definition) is 3. The molecule has 0 aromatic heterocycles. The summed E-state index contributed by atoms with van der Waals surface area (Å²) in [6.45, 7) is 7.76. The second-order valence-corrected chi connectivity index (χ2v) is 6.26. The Balaban J connectivity index is 2.22. The second-order valence-electron chi connectivity index (χ2n) is 6.26. The van der Waals surface area contributed by atoms with E-state index in [2.05, 4.69) is 7.05 Å². The molecule has 2 N–H and O–H groups in total. The summed E-state index contributed by atoms with van der Waals surface area (Å²) in [5, 5.41) is 0. The van der Waals surface area contributed by atoms with Crippen LogP contribution in [0.5, 0.6) is 0 Å². The fourth-order valence-electron chi connectivity index (χ4n) is 2.38. The van der Waals surface area contributed by atoms with Crippen molar-refractivity contribution in [2.45, 2.75) is 51.5 Å². The summed E-state index contributed by atoms with van der Waals surface area (Å²) in [4.78, 5) is 11.7. The van der Waals surface area contributed by atoms with Crippen LogP contribution in [-0.2, 0) is 9.53 Å². The Kier molecular flexibility index (Phi) is 5.60. The van der Waals surface area contributed by atoms with Gasteiger partial charge in [0.05, 0.1) is 26.6 Å². The fourth-order valence-corrected chi connectivity index (χ4v) is 2.38. The average molecular weight is 257 g/mol. The van der Waals surface area contributed by atoms with Crippen LogP contribution in [0.25, 0.3) is 0 Å². The molecule has 1 rings (SSSR count). The maximum atomic E-state index is 11.7. The van der Waals surface area contributed by atoms with Crippen LogP contribution < -0.4 is 5.73 Å². The largest absolute Gasteiger partial charge is 0.460 e. The first kappa shape index (κ1) is 15.4. The molecule has 1 atom stereocenters. The zero-order valence-electron chi connectivity index (χ0n) is 12.2. The number of rotatable bonds is 6. The van der Waals surface area contributed by atoms with E-state index >= 15 is 0 Å². The van der Waals surface area contributed by atoms with Gasteiger partial charge in [0.1, 0.15) is 13.2 Å². The molecule has 4 heteroatoms. The Hall–Kier alpha value is -0.610. The number of likely N-dealkylation sites (tertiary alicyclic amines) is 1. The first-order chi connectivity index (χ1) is 8.37. The van der Waals surface area contributed by atoms with E-state index in [1.807, 2.05) is 13.8 Å². The average Bonchev–Trinajstić information content (AvgIpc) is 2.29. The van der Waals surface area contributed by atoms with Crippen LogP contribution in [0.1, 0.15) is 46.0 Å². The molecule has 0 bridgehead atoms. The number of quaternary nitrogens is 1. The van der Waals surface area contributed by atoms with Crippen LogP contribution in [0.3, 0.4) is 0 Å². The minimum Gasteiger partial charge on any atom is -0.460 e. The third-order valence-corrected chi connectivity index (χ3v) is 4.15.